The molecule has 2 bridgehead atoms. The predicted octanol–water partition coefficient (Wildman–Crippen LogP) is 6.14. The number of fused-ring (bicyclic) bond motifs is 5. The lowest BCUT2D eigenvalue weighted by Crippen LogP contribution is -2.52. The van der Waals surface area contributed by atoms with Gasteiger partial charge >= 0.3 is 5.97 Å². The van der Waals surface area contributed by atoms with Crippen molar-refractivity contribution >= 4 is 64.3 Å². The van der Waals surface area contributed by atoms with E-state index in [1.165, 1.54) is 54.6 Å². The SMILES string of the molecule is O=C(CN(C(=O)c1ccccc1Cl)N1C(=O)[C@@H]2[C@H]3CC[C@@H](C3)[C@H]2C1=O)c1ccc(OC(=O)c2ccc(Cl)cc2Cl)cc1. The van der Waals surface area contributed by atoms with Crippen LogP contribution in [-0.4, -0.2) is 46.0 Å². The molecule has 8 nitrogen and oxygen atoms in total. The molecule has 6 rings (SSSR count). The average Bonchev–Trinajstić information content (AvgIpc) is 3.65. The van der Waals surface area contributed by atoms with Gasteiger partial charge in [0.2, 0.25) is 0 Å². The largest absolute Gasteiger partial charge is 0.423 e. The van der Waals surface area contributed by atoms with Gasteiger partial charge in [-0.25, -0.2) is 9.80 Å². The fourth-order valence-electron chi connectivity index (χ4n) is 6.39. The van der Waals surface area contributed by atoms with Crippen molar-refractivity contribution in [2.75, 3.05) is 6.54 Å². The van der Waals surface area contributed by atoms with Crippen molar-refractivity contribution in [3.8, 4) is 5.75 Å². The molecule has 3 fully saturated rings. The molecule has 3 aliphatic rings. The fraction of sp³-hybridized carbons (Fsp3) is 0.258. The van der Waals surface area contributed by atoms with Crippen molar-refractivity contribution in [2.45, 2.75) is 19.3 Å². The molecule has 1 aliphatic heterocycles. The highest BCUT2D eigenvalue weighted by molar-refractivity contribution is 6.36. The van der Waals surface area contributed by atoms with Crippen LogP contribution in [0.2, 0.25) is 15.1 Å². The van der Waals surface area contributed by atoms with Crippen molar-refractivity contribution in [1.29, 1.82) is 0 Å². The van der Waals surface area contributed by atoms with Gasteiger partial charge in [-0.05, 0) is 85.7 Å². The number of hydrogen-bond acceptors (Lipinski definition) is 6. The summed E-state index contributed by atoms with van der Waals surface area (Å²) in [5.41, 5.74) is 0.361. The van der Waals surface area contributed by atoms with Crippen LogP contribution in [-0.2, 0) is 9.59 Å². The van der Waals surface area contributed by atoms with Crippen LogP contribution in [0.5, 0.6) is 5.75 Å². The number of hydrazine groups is 1. The maximum absolute atomic E-state index is 13.7. The monoisotopic (exact) mass is 624 g/mol. The zero-order chi connectivity index (χ0) is 29.7. The Labute approximate surface area is 256 Å². The Bertz CT molecular complexity index is 1610. The van der Waals surface area contributed by atoms with Crippen LogP contribution in [0.4, 0.5) is 0 Å². The Hall–Kier alpha value is -3.72. The number of imide groups is 1. The Morgan fingerprint density at radius 2 is 1.45 bits per heavy atom. The molecule has 2 saturated carbocycles. The van der Waals surface area contributed by atoms with Crippen molar-refractivity contribution in [3.63, 3.8) is 0 Å². The molecule has 11 heteroatoms. The second-order valence-electron chi connectivity index (χ2n) is 10.7. The van der Waals surface area contributed by atoms with E-state index in [1.54, 1.807) is 12.1 Å². The number of nitrogens with zero attached hydrogens (tertiary/aromatic N) is 2. The van der Waals surface area contributed by atoms with E-state index in [9.17, 15) is 24.0 Å². The van der Waals surface area contributed by atoms with Crippen LogP contribution in [0.15, 0.2) is 66.7 Å². The minimum Gasteiger partial charge on any atom is -0.423 e. The molecule has 1 heterocycles. The molecule has 214 valence electrons. The van der Waals surface area contributed by atoms with Crippen LogP contribution < -0.4 is 4.74 Å². The van der Waals surface area contributed by atoms with E-state index in [2.05, 4.69) is 0 Å². The summed E-state index contributed by atoms with van der Waals surface area (Å²) < 4.78 is 5.37. The number of carbonyl (C=O) groups is 5. The molecule has 2 aliphatic carbocycles. The van der Waals surface area contributed by atoms with E-state index in [1.807, 2.05) is 0 Å². The van der Waals surface area contributed by atoms with Crippen LogP contribution >= 0.6 is 34.8 Å². The molecule has 0 N–H and O–H groups in total. The third kappa shape index (κ3) is 4.97. The Kier molecular flexibility index (Phi) is 7.55. The number of ketones is 1. The molecule has 1 saturated heterocycles. The first kappa shape index (κ1) is 28.4. The lowest BCUT2D eigenvalue weighted by atomic mass is 9.81. The Morgan fingerprint density at radius 3 is 2.07 bits per heavy atom. The summed E-state index contributed by atoms with van der Waals surface area (Å²) in [7, 11) is 0. The maximum atomic E-state index is 13.7. The van der Waals surface area contributed by atoms with Gasteiger partial charge in [0.05, 0.1) is 33.0 Å². The number of rotatable bonds is 7. The number of ether oxygens (including phenoxy) is 1. The lowest BCUT2D eigenvalue weighted by molar-refractivity contribution is -0.155. The molecule has 0 radical (unpaired) electrons. The molecule has 3 aromatic rings. The smallest absolute Gasteiger partial charge is 0.345 e. The molecular weight excluding hydrogens is 603 g/mol. The highest BCUT2D eigenvalue weighted by Gasteiger charge is 2.62. The van der Waals surface area contributed by atoms with Gasteiger partial charge in [0.25, 0.3) is 17.7 Å². The lowest BCUT2D eigenvalue weighted by Gasteiger charge is -2.31. The van der Waals surface area contributed by atoms with Crippen molar-refractivity contribution in [3.05, 3.63) is 98.5 Å². The molecule has 4 atom stereocenters. The van der Waals surface area contributed by atoms with Crippen molar-refractivity contribution < 1.29 is 28.7 Å². The van der Waals surface area contributed by atoms with Crippen molar-refractivity contribution in [2.24, 2.45) is 23.7 Å². The topological polar surface area (TPSA) is 101 Å². The van der Waals surface area contributed by atoms with E-state index in [-0.39, 0.29) is 44.3 Å². The van der Waals surface area contributed by atoms with E-state index < -0.39 is 47.9 Å². The van der Waals surface area contributed by atoms with Gasteiger partial charge in [0, 0.05) is 10.6 Å². The van der Waals surface area contributed by atoms with Gasteiger partial charge in [0.1, 0.15) is 12.3 Å². The van der Waals surface area contributed by atoms with Gasteiger partial charge in [-0.1, -0.05) is 46.9 Å². The van der Waals surface area contributed by atoms with Crippen LogP contribution in [0.3, 0.4) is 0 Å². The first-order chi connectivity index (χ1) is 20.1. The maximum Gasteiger partial charge on any atom is 0.345 e. The number of esters is 1. The number of halogens is 3. The highest BCUT2D eigenvalue weighted by Crippen LogP contribution is 2.56. The molecule has 0 spiro atoms. The first-order valence-electron chi connectivity index (χ1n) is 13.4. The van der Waals surface area contributed by atoms with Crippen LogP contribution in [0.1, 0.15) is 50.3 Å². The Morgan fingerprint density at radius 1 is 0.810 bits per heavy atom. The van der Waals surface area contributed by atoms with Crippen LogP contribution in [0, 0.1) is 23.7 Å². The molecule has 3 amide bonds. The third-order valence-corrected chi connectivity index (χ3v) is 9.19. The van der Waals surface area contributed by atoms with Gasteiger partial charge in [0.15, 0.2) is 5.78 Å². The summed E-state index contributed by atoms with van der Waals surface area (Å²) in [6.45, 7) is -0.574. The zero-order valence-corrected chi connectivity index (χ0v) is 24.2. The second-order valence-corrected chi connectivity index (χ2v) is 11.9. The van der Waals surface area contributed by atoms with E-state index in [0.29, 0.717) is 5.02 Å². The summed E-state index contributed by atoms with van der Waals surface area (Å²) in [6, 6.07) is 16.3. The number of hydrogen-bond donors (Lipinski definition) is 0. The summed E-state index contributed by atoms with van der Waals surface area (Å²) in [4.78, 5) is 66.9. The van der Waals surface area contributed by atoms with Gasteiger partial charge in [-0.15, -0.1) is 0 Å². The minimum absolute atomic E-state index is 0.0655. The summed E-state index contributed by atoms with van der Waals surface area (Å²) in [5, 5.41) is 2.42. The molecule has 0 unspecified atom stereocenters. The van der Waals surface area contributed by atoms with E-state index >= 15 is 0 Å². The average molecular weight is 626 g/mol. The standard InChI is InChI=1S/C31H23Cl3N2O6/c32-19-9-12-22(24(34)14-19)31(41)42-20-10-7-16(8-11-20)25(37)15-35(28(38)21-3-1-2-4-23(21)33)36-29(39)26-17-5-6-18(13-17)27(26)30(36)40/h1-4,7-12,14,17-18,26-27H,5-6,13,15H2/t17-,18-,26+,27+/m0/s1. The number of Topliss-reactive ketones (excluding diaryl/α,β-unsaturated/α-hetero) is 1. The van der Waals surface area contributed by atoms with Gasteiger partial charge in [-0.3, -0.25) is 19.2 Å². The van der Waals surface area contributed by atoms with Gasteiger partial charge < -0.3 is 4.74 Å². The fourth-order valence-corrected chi connectivity index (χ4v) is 7.09. The summed E-state index contributed by atoms with van der Waals surface area (Å²) in [5.74, 6) is -3.46. The zero-order valence-electron chi connectivity index (χ0n) is 22.0. The summed E-state index contributed by atoms with van der Waals surface area (Å²) >= 11 is 18.3. The molecule has 0 aromatic heterocycles. The quantitative estimate of drug-likeness (QED) is 0.135. The highest BCUT2D eigenvalue weighted by atomic mass is 35.5. The third-order valence-electron chi connectivity index (χ3n) is 8.32. The van der Waals surface area contributed by atoms with Crippen molar-refractivity contribution in [1.82, 2.24) is 10.0 Å². The van der Waals surface area contributed by atoms with Gasteiger partial charge in [-0.2, -0.15) is 5.01 Å². The number of carbonyl (C=O) groups excluding carboxylic acids is 5. The van der Waals surface area contributed by atoms with E-state index in [0.717, 1.165) is 29.3 Å². The van der Waals surface area contributed by atoms with E-state index in [4.69, 9.17) is 39.5 Å². The summed E-state index contributed by atoms with van der Waals surface area (Å²) in [6.07, 6.45) is 2.58. The molecule has 3 aromatic carbocycles. The minimum atomic E-state index is -0.728. The normalized spacial score (nSPS) is 22.3. The van der Waals surface area contributed by atoms with Crippen LogP contribution in [0.25, 0.3) is 0 Å². The first-order valence-corrected chi connectivity index (χ1v) is 14.5. The number of amides is 3. The predicted molar refractivity (Wildman–Crippen MR) is 154 cm³/mol. The Balaban J connectivity index is 1.24. The molecular formula is C31H23Cl3N2O6. The second kappa shape index (κ2) is 11.2. The molecule has 42 heavy (non-hydrogen) atoms. The number of benzene rings is 3.